The van der Waals surface area contributed by atoms with E-state index >= 15 is 0 Å². The first kappa shape index (κ1) is 24.0. The quantitative estimate of drug-likeness (QED) is 0.387. The number of benzene rings is 2. The predicted molar refractivity (Wildman–Crippen MR) is 128 cm³/mol. The van der Waals surface area contributed by atoms with Gasteiger partial charge in [0.25, 0.3) is 5.91 Å². The minimum atomic E-state index is -1.17. The van der Waals surface area contributed by atoms with Crippen molar-refractivity contribution in [3.05, 3.63) is 76.4 Å². The van der Waals surface area contributed by atoms with Gasteiger partial charge in [0.05, 0.1) is 16.3 Å². The molecule has 3 N–H and O–H groups in total. The van der Waals surface area contributed by atoms with Gasteiger partial charge in [-0.1, -0.05) is 61.5 Å². The number of thiazole rings is 1. The molecule has 170 valence electrons. The van der Waals surface area contributed by atoms with Crippen LogP contribution >= 0.6 is 11.3 Å². The minimum absolute atomic E-state index is 0.0590. The summed E-state index contributed by atoms with van der Waals surface area (Å²) in [4.78, 5) is 41.6. The van der Waals surface area contributed by atoms with E-state index in [1.165, 1.54) is 11.3 Å². The van der Waals surface area contributed by atoms with E-state index in [2.05, 4.69) is 10.3 Å². The summed E-state index contributed by atoms with van der Waals surface area (Å²) in [5.74, 6) is -3.06. The van der Waals surface area contributed by atoms with Crippen LogP contribution in [0.5, 0.6) is 0 Å². The van der Waals surface area contributed by atoms with Crippen LogP contribution in [0.2, 0.25) is 0 Å². The van der Waals surface area contributed by atoms with E-state index in [0.29, 0.717) is 10.6 Å². The molecule has 3 aromatic rings. The Morgan fingerprint density at radius 2 is 1.79 bits per heavy atom. The van der Waals surface area contributed by atoms with Gasteiger partial charge in [-0.25, -0.2) is 4.98 Å². The molecule has 1 heterocycles. The Morgan fingerprint density at radius 1 is 1.09 bits per heavy atom. The molecule has 1 amide bonds. The molecule has 3 rings (SSSR count). The lowest BCUT2D eigenvalue weighted by Crippen LogP contribution is -2.30. The van der Waals surface area contributed by atoms with Gasteiger partial charge in [-0.2, -0.15) is 0 Å². The van der Waals surface area contributed by atoms with Crippen LogP contribution in [0.3, 0.4) is 0 Å². The molecule has 0 unspecified atom stereocenters. The summed E-state index contributed by atoms with van der Waals surface area (Å²) in [5.41, 5.74) is 2.88. The van der Waals surface area contributed by atoms with E-state index in [1.807, 2.05) is 43.3 Å². The van der Waals surface area contributed by atoms with E-state index in [4.69, 9.17) is 10.5 Å². The average molecular weight is 464 g/mol. The van der Waals surface area contributed by atoms with Crippen LogP contribution in [-0.4, -0.2) is 33.5 Å². The summed E-state index contributed by atoms with van der Waals surface area (Å²) in [6.45, 7) is 3.77. The molecule has 0 saturated heterocycles. The fourth-order valence-electron chi connectivity index (χ4n) is 3.44. The molecule has 1 aromatic heterocycles. The fraction of sp³-hybridized carbons (Fsp3) is 0.240. The Morgan fingerprint density at radius 3 is 2.45 bits per heavy atom. The van der Waals surface area contributed by atoms with Crippen molar-refractivity contribution in [3.8, 4) is 10.4 Å². The number of carboxylic acids is 1. The van der Waals surface area contributed by atoms with Gasteiger partial charge < -0.3 is 15.8 Å². The molecule has 8 heteroatoms. The van der Waals surface area contributed by atoms with Gasteiger partial charge in [0.1, 0.15) is 5.92 Å². The minimum Gasteiger partial charge on any atom is -0.481 e. The van der Waals surface area contributed by atoms with E-state index in [0.717, 1.165) is 21.7 Å². The van der Waals surface area contributed by atoms with Crippen molar-refractivity contribution in [1.29, 1.82) is 5.41 Å². The lowest BCUT2D eigenvalue weighted by atomic mass is 9.93. The summed E-state index contributed by atoms with van der Waals surface area (Å²) in [7, 11) is 0. The lowest BCUT2D eigenvalue weighted by molar-refractivity contribution is -0.139. The number of aryl methyl sites for hydroxylation is 1. The van der Waals surface area contributed by atoms with Gasteiger partial charge in [-0.15, -0.1) is 11.3 Å². The van der Waals surface area contributed by atoms with Gasteiger partial charge in [0.2, 0.25) is 0 Å². The van der Waals surface area contributed by atoms with Crippen molar-refractivity contribution in [3.63, 3.8) is 0 Å². The molecule has 0 saturated carbocycles. The molecule has 0 aliphatic carbocycles. The first-order valence-corrected chi connectivity index (χ1v) is 11.3. The van der Waals surface area contributed by atoms with Crippen molar-refractivity contribution in [2.45, 2.75) is 33.2 Å². The highest BCUT2D eigenvalue weighted by atomic mass is 32.1. The zero-order valence-corrected chi connectivity index (χ0v) is 19.2. The first-order chi connectivity index (χ1) is 15.8. The zero-order chi connectivity index (χ0) is 24.0. The highest BCUT2D eigenvalue weighted by molar-refractivity contribution is 7.17. The van der Waals surface area contributed by atoms with Crippen LogP contribution in [0.25, 0.3) is 10.4 Å². The Labute approximate surface area is 196 Å². The predicted octanol–water partition coefficient (Wildman–Crippen LogP) is 4.29. The number of carbonyl (C=O) groups is 3. The molecule has 0 aliphatic heterocycles. The highest BCUT2D eigenvalue weighted by Gasteiger charge is 2.26. The van der Waals surface area contributed by atoms with Crippen molar-refractivity contribution in [2.75, 3.05) is 0 Å². The maximum Gasteiger partial charge on any atom is 0.312 e. The number of Topliss-reactive ketones (excluding diaryl/α,β-unsaturated/α-hetero) is 1. The van der Waals surface area contributed by atoms with Crippen LogP contribution in [0.1, 0.15) is 40.0 Å². The van der Waals surface area contributed by atoms with Crippen LogP contribution in [0.4, 0.5) is 0 Å². The number of carbonyl (C=O) groups excluding carboxylic acids is 2. The summed E-state index contributed by atoms with van der Waals surface area (Å²) in [6, 6.07) is 16.9. The van der Waals surface area contributed by atoms with Gasteiger partial charge in [-0.05, 0) is 30.0 Å². The molecule has 0 radical (unpaired) electrons. The Hall–Kier alpha value is -3.65. The number of aromatic nitrogens is 1. The maximum absolute atomic E-state index is 12.6. The number of hydrogen-bond acceptors (Lipinski definition) is 6. The van der Waals surface area contributed by atoms with E-state index in [-0.39, 0.29) is 25.3 Å². The monoisotopic (exact) mass is 463 g/mol. The highest BCUT2D eigenvalue weighted by Crippen LogP contribution is 2.29. The molecular formula is C25H25N3O4S. The molecule has 7 nitrogen and oxygen atoms in total. The summed E-state index contributed by atoms with van der Waals surface area (Å²) < 4.78 is 0. The zero-order valence-electron chi connectivity index (χ0n) is 18.4. The molecular weight excluding hydrogens is 438 g/mol. The largest absolute Gasteiger partial charge is 0.481 e. The number of carboxylic acid groups (broad SMARTS) is 1. The molecule has 1 atom stereocenters. The van der Waals surface area contributed by atoms with Crippen LogP contribution < -0.4 is 5.32 Å². The summed E-state index contributed by atoms with van der Waals surface area (Å²) >= 11 is 1.34. The normalized spacial score (nSPS) is 11.6. The third-order valence-electron chi connectivity index (χ3n) is 5.19. The average Bonchev–Trinajstić information content (AvgIpc) is 3.20. The molecule has 0 bridgehead atoms. The van der Waals surface area contributed by atoms with Gasteiger partial charge in [0, 0.05) is 13.0 Å². The van der Waals surface area contributed by atoms with Crippen LogP contribution in [0.15, 0.2) is 54.6 Å². The van der Waals surface area contributed by atoms with E-state index < -0.39 is 23.4 Å². The maximum atomic E-state index is 12.6. The number of ketones is 1. The molecule has 0 aliphatic rings. The fourth-order valence-corrected chi connectivity index (χ4v) is 4.42. The summed E-state index contributed by atoms with van der Waals surface area (Å²) in [5, 5.41) is 20.3. The summed E-state index contributed by atoms with van der Waals surface area (Å²) in [6.07, 6.45) is 0.130. The number of aliphatic carboxylic acids is 1. The van der Waals surface area contributed by atoms with Crippen molar-refractivity contribution < 1.29 is 19.5 Å². The van der Waals surface area contributed by atoms with Gasteiger partial charge in [0.15, 0.2) is 10.8 Å². The molecule has 33 heavy (non-hydrogen) atoms. The Bertz CT molecular complexity index is 1190. The Kier molecular flexibility index (Phi) is 7.84. The van der Waals surface area contributed by atoms with E-state index in [9.17, 15) is 14.4 Å². The standard InChI is InChI=1S/C25H25N3O4S/c1-3-19(25(31)32)21(26)20(29)13-16-8-7-9-17(12-16)14-27-23(30)24-28-15(2)22(33-24)18-10-5-4-6-11-18/h4-12,19,26H,3,13-14H2,1-2H3,(H,27,30)(H,31,32)/t19-/m1/s1. The lowest BCUT2D eigenvalue weighted by Gasteiger charge is -2.11. The van der Waals surface area contributed by atoms with Gasteiger partial charge in [-0.3, -0.25) is 14.4 Å². The topological polar surface area (TPSA) is 120 Å². The molecule has 0 spiro atoms. The Balaban J connectivity index is 1.63. The van der Waals surface area contributed by atoms with Crippen LogP contribution in [0, 0.1) is 18.3 Å². The van der Waals surface area contributed by atoms with Gasteiger partial charge >= 0.3 is 5.97 Å². The van der Waals surface area contributed by atoms with Crippen molar-refractivity contribution in [1.82, 2.24) is 10.3 Å². The van der Waals surface area contributed by atoms with E-state index in [1.54, 1.807) is 25.1 Å². The number of hydrogen-bond donors (Lipinski definition) is 3. The SMILES string of the molecule is CC[C@H](C(=N)C(=O)Cc1cccc(CNC(=O)c2nc(C)c(-c3ccccc3)s2)c1)C(=O)O. The second-order valence-electron chi connectivity index (χ2n) is 7.61. The van der Waals surface area contributed by atoms with Crippen molar-refractivity contribution >= 4 is 34.7 Å². The number of nitrogens with zero attached hydrogens (tertiary/aromatic N) is 1. The molecule has 0 fully saturated rings. The second kappa shape index (κ2) is 10.8. The smallest absolute Gasteiger partial charge is 0.312 e. The van der Waals surface area contributed by atoms with Crippen molar-refractivity contribution in [2.24, 2.45) is 5.92 Å². The number of amides is 1. The number of rotatable bonds is 10. The molecule has 2 aromatic carbocycles. The number of nitrogens with one attached hydrogen (secondary N) is 2. The third-order valence-corrected chi connectivity index (χ3v) is 6.40. The van der Waals surface area contributed by atoms with Crippen LogP contribution in [-0.2, 0) is 22.6 Å². The first-order valence-electron chi connectivity index (χ1n) is 10.5. The third kappa shape index (κ3) is 5.98. The second-order valence-corrected chi connectivity index (χ2v) is 8.61.